The fourth-order valence-electron chi connectivity index (χ4n) is 2.33. The van der Waals surface area contributed by atoms with Crippen molar-refractivity contribution in [2.75, 3.05) is 18.6 Å². The van der Waals surface area contributed by atoms with Gasteiger partial charge < -0.3 is 14.4 Å². The maximum atomic E-state index is 12.2. The molecule has 23 heavy (non-hydrogen) atoms. The molecule has 5 heteroatoms. The van der Waals surface area contributed by atoms with Crippen LogP contribution in [0.4, 0.5) is 11.4 Å². The Morgan fingerprint density at radius 3 is 2.48 bits per heavy atom. The number of methoxy groups -OCH3 is 1. The summed E-state index contributed by atoms with van der Waals surface area (Å²) in [6.07, 6.45) is 0. The Morgan fingerprint density at radius 2 is 1.87 bits per heavy atom. The van der Waals surface area contributed by atoms with Gasteiger partial charge in [-0.3, -0.25) is 0 Å². The Hall–Kier alpha value is -2.01. The third-order valence-electron chi connectivity index (χ3n) is 3.45. The smallest absolute Gasteiger partial charge is 0.328 e. The number of rotatable bonds is 6. The van der Waals surface area contributed by atoms with Crippen LogP contribution in [0.15, 0.2) is 53.0 Å². The lowest BCUT2D eigenvalue weighted by molar-refractivity contribution is -0.144. The van der Waals surface area contributed by atoms with Crippen molar-refractivity contribution in [3.05, 3.63) is 53.0 Å². The SMILES string of the molecule is CCOC(=O)C(C)N(c1ccc(Br)cc1)c1cccc(OC)c1. The fraction of sp³-hybridized carbons (Fsp3) is 0.278. The van der Waals surface area contributed by atoms with Crippen molar-refractivity contribution in [2.45, 2.75) is 19.9 Å². The van der Waals surface area contributed by atoms with E-state index in [-0.39, 0.29) is 5.97 Å². The predicted octanol–water partition coefficient (Wildman–Crippen LogP) is 4.55. The van der Waals surface area contributed by atoms with Crippen LogP contribution in [0.5, 0.6) is 5.75 Å². The van der Waals surface area contributed by atoms with E-state index in [1.807, 2.05) is 60.4 Å². The number of ether oxygens (including phenoxy) is 2. The summed E-state index contributed by atoms with van der Waals surface area (Å²) in [5.41, 5.74) is 1.77. The Bertz CT molecular complexity index is 658. The summed E-state index contributed by atoms with van der Waals surface area (Å²) in [6, 6.07) is 15.0. The molecule has 0 aliphatic carbocycles. The average molecular weight is 378 g/mol. The van der Waals surface area contributed by atoms with E-state index >= 15 is 0 Å². The molecule has 2 rings (SSSR count). The van der Waals surface area contributed by atoms with Gasteiger partial charge in [0, 0.05) is 21.9 Å². The van der Waals surface area contributed by atoms with Crippen LogP contribution in [0.1, 0.15) is 13.8 Å². The van der Waals surface area contributed by atoms with Gasteiger partial charge in [0.1, 0.15) is 11.8 Å². The van der Waals surface area contributed by atoms with Crippen LogP contribution in [0.25, 0.3) is 0 Å². The number of anilines is 2. The van der Waals surface area contributed by atoms with Crippen molar-refractivity contribution in [1.82, 2.24) is 0 Å². The minimum atomic E-state index is -0.455. The summed E-state index contributed by atoms with van der Waals surface area (Å²) in [5.74, 6) is 0.471. The highest BCUT2D eigenvalue weighted by molar-refractivity contribution is 9.10. The molecule has 2 aromatic rings. The molecule has 0 saturated carbocycles. The van der Waals surface area contributed by atoms with Crippen molar-refractivity contribution in [1.29, 1.82) is 0 Å². The molecule has 4 nitrogen and oxygen atoms in total. The van der Waals surface area contributed by atoms with Crippen molar-refractivity contribution >= 4 is 33.3 Å². The summed E-state index contributed by atoms with van der Waals surface area (Å²) < 4.78 is 11.5. The van der Waals surface area contributed by atoms with E-state index in [0.717, 1.165) is 21.6 Å². The zero-order chi connectivity index (χ0) is 16.8. The second kappa shape index (κ2) is 8.02. The number of halogens is 1. The zero-order valence-electron chi connectivity index (χ0n) is 13.5. The highest BCUT2D eigenvalue weighted by Crippen LogP contribution is 2.31. The minimum absolute atomic E-state index is 0.266. The number of benzene rings is 2. The average Bonchev–Trinajstić information content (AvgIpc) is 2.57. The second-order valence-corrected chi connectivity index (χ2v) is 5.89. The highest BCUT2D eigenvalue weighted by atomic mass is 79.9. The maximum absolute atomic E-state index is 12.2. The van der Waals surface area contributed by atoms with Crippen LogP contribution in [0.2, 0.25) is 0 Å². The number of carbonyl (C=O) groups is 1. The van der Waals surface area contributed by atoms with Crippen molar-refractivity contribution < 1.29 is 14.3 Å². The summed E-state index contributed by atoms with van der Waals surface area (Å²) >= 11 is 3.43. The van der Waals surface area contributed by atoms with Gasteiger partial charge in [-0.15, -0.1) is 0 Å². The fourth-order valence-corrected chi connectivity index (χ4v) is 2.59. The first-order valence-corrected chi connectivity index (χ1v) is 8.21. The molecular formula is C18H20BrNO3. The van der Waals surface area contributed by atoms with E-state index in [2.05, 4.69) is 15.9 Å². The lowest BCUT2D eigenvalue weighted by Crippen LogP contribution is -2.36. The molecule has 0 spiro atoms. The van der Waals surface area contributed by atoms with Gasteiger partial charge in [0.25, 0.3) is 0 Å². The number of hydrogen-bond acceptors (Lipinski definition) is 4. The van der Waals surface area contributed by atoms with Crippen molar-refractivity contribution in [3.63, 3.8) is 0 Å². The van der Waals surface area contributed by atoms with Gasteiger partial charge in [-0.2, -0.15) is 0 Å². The van der Waals surface area contributed by atoms with Crippen LogP contribution >= 0.6 is 15.9 Å². The molecule has 0 heterocycles. The third-order valence-corrected chi connectivity index (χ3v) is 3.98. The van der Waals surface area contributed by atoms with E-state index in [0.29, 0.717) is 6.61 Å². The topological polar surface area (TPSA) is 38.8 Å². The molecule has 1 unspecified atom stereocenters. The molecule has 122 valence electrons. The molecule has 0 bridgehead atoms. The van der Waals surface area contributed by atoms with Crippen LogP contribution in [0, 0.1) is 0 Å². The number of carbonyl (C=O) groups excluding carboxylic acids is 1. The monoisotopic (exact) mass is 377 g/mol. The van der Waals surface area contributed by atoms with Crippen LogP contribution < -0.4 is 9.64 Å². The molecule has 0 amide bonds. The highest BCUT2D eigenvalue weighted by Gasteiger charge is 2.24. The first kappa shape index (κ1) is 17.3. The quantitative estimate of drug-likeness (QED) is 0.692. The molecule has 0 saturated heterocycles. The van der Waals surface area contributed by atoms with Crippen LogP contribution in [-0.2, 0) is 9.53 Å². The van der Waals surface area contributed by atoms with Crippen molar-refractivity contribution in [2.24, 2.45) is 0 Å². The Labute approximate surface area is 145 Å². The molecule has 0 fully saturated rings. The van der Waals surface area contributed by atoms with E-state index in [4.69, 9.17) is 9.47 Å². The van der Waals surface area contributed by atoms with Gasteiger partial charge in [0.15, 0.2) is 0 Å². The minimum Gasteiger partial charge on any atom is -0.497 e. The summed E-state index contributed by atoms with van der Waals surface area (Å²) in [4.78, 5) is 14.2. The predicted molar refractivity (Wildman–Crippen MR) is 95.4 cm³/mol. The lowest BCUT2D eigenvalue weighted by Gasteiger charge is -2.30. The van der Waals surface area contributed by atoms with E-state index in [9.17, 15) is 4.79 Å². The summed E-state index contributed by atoms with van der Waals surface area (Å²) in [6.45, 7) is 4.00. The molecule has 2 aromatic carbocycles. The molecule has 1 atom stereocenters. The molecule has 0 aliphatic heterocycles. The Balaban J connectivity index is 2.45. The van der Waals surface area contributed by atoms with Gasteiger partial charge in [-0.1, -0.05) is 22.0 Å². The van der Waals surface area contributed by atoms with Gasteiger partial charge in [-0.25, -0.2) is 4.79 Å². The molecule has 0 radical (unpaired) electrons. The van der Waals surface area contributed by atoms with Gasteiger partial charge in [0.05, 0.1) is 13.7 Å². The number of hydrogen-bond donors (Lipinski definition) is 0. The molecule has 0 N–H and O–H groups in total. The van der Waals surface area contributed by atoms with Crippen LogP contribution in [-0.4, -0.2) is 25.7 Å². The first-order valence-electron chi connectivity index (χ1n) is 7.42. The molecule has 0 aromatic heterocycles. The zero-order valence-corrected chi connectivity index (χ0v) is 15.0. The first-order chi connectivity index (χ1) is 11.1. The second-order valence-electron chi connectivity index (χ2n) is 4.98. The van der Waals surface area contributed by atoms with E-state index in [1.165, 1.54) is 0 Å². The third kappa shape index (κ3) is 4.26. The Morgan fingerprint density at radius 1 is 1.17 bits per heavy atom. The largest absolute Gasteiger partial charge is 0.497 e. The standard InChI is InChI=1S/C18H20BrNO3/c1-4-23-18(21)13(2)20(15-10-8-14(19)9-11-15)16-6-5-7-17(12-16)22-3/h5-13H,4H2,1-3H3. The lowest BCUT2D eigenvalue weighted by atomic mass is 10.1. The molecular weight excluding hydrogens is 358 g/mol. The normalized spacial score (nSPS) is 11.7. The number of nitrogens with zero attached hydrogens (tertiary/aromatic N) is 1. The van der Waals surface area contributed by atoms with E-state index in [1.54, 1.807) is 14.0 Å². The van der Waals surface area contributed by atoms with Gasteiger partial charge >= 0.3 is 5.97 Å². The summed E-state index contributed by atoms with van der Waals surface area (Å²) in [5, 5.41) is 0. The van der Waals surface area contributed by atoms with E-state index < -0.39 is 6.04 Å². The van der Waals surface area contributed by atoms with Crippen molar-refractivity contribution in [3.8, 4) is 5.75 Å². The van der Waals surface area contributed by atoms with Crippen LogP contribution in [0.3, 0.4) is 0 Å². The van der Waals surface area contributed by atoms with Gasteiger partial charge in [-0.05, 0) is 50.2 Å². The molecule has 0 aliphatic rings. The van der Waals surface area contributed by atoms with Gasteiger partial charge in [0.2, 0.25) is 0 Å². The maximum Gasteiger partial charge on any atom is 0.328 e. The number of esters is 1. The summed E-state index contributed by atoms with van der Waals surface area (Å²) in [7, 11) is 1.62. The Kier molecular flexibility index (Phi) is 6.04.